The zero-order chi connectivity index (χ0) is 15.0. The van der Waals surface area contributed by atoms with E-state index < -0.39 is 5.54 Å². The van der Waals surface area contributed by atoms with Crippen molar-refractivity contribution >= 4 is 0 Å². The van der Waals surface area contributed by atoms with Gasteiger partial charge in [0.05, 0.1) is 31.6 Å². The van der Waals surface area contributed by atoms with Crippen LogP contribution >= 0.6 is 0 Å². The van der Waals surface area contributed by atoms with Crippen LogP contribution in [0.1, 0.15) is 25.6 Å². The number of methoxy groups -OCH3 is 2. The number of aromatic amines is 1. The molecule has 1 atom stereocenters. The molecule has 2 aromatic rings. The summed E-state index contributed by atoms with van der Waals surface area (Å²) in [6.07, 6.45) is 4.16. The number of nitrogens with zero attached hydrogens (tertiary/aromatic N) is 1. The second-order valence-electron chi connectivity index (χ2n) is 5.77. The van der Waals surface area contributed by atoms with Gasteiger partial charge in [0.25, 0.3) is 0 Å². The fourth-order valence-corrected chi connectivity index (χ4v) is 2.63. The molecular weight excluding hydrogens is 266 g/mol. The van der Waals surface area contributed by atoms with Crippen LogP contribution < -0.4 is 15.2 Å². The minimum Gasteiger partial charge on any atom is -0.497 e. The third-order valence-electron chi connectivity index (χ3n) is 4.21. The zero-order valence-corrected chi connectivity index (χ0v) is 12.6. The molecule has 1 aliphatic carbocycles. The van der Waals surface area contributed by atoms with Crippen LogP contribution in [0.4, 0.5) is 0 Å². The van der Waals surface area contributed by atoms with Crippen molar-refractivity contribution in [2.24, 2.45) is 11.7 Å². The molecule has 0 aliphatic heterocycles. The van der Waals surface area contributed by atoms with Crippen LogP contribution in [0.15, 0.2) is 24.4 Å². The second kappa shape index (κ2) is 5.07. The molecule has 0 saturated heterocycles. The molecule has 112 valence electrons. The quantitative estimate of drug-likeness (QED) is 0.886. The van der Waals surface area contributed by atoms with Crippen LogP contribution in [0.2, 0.25) is 0 Å². The molecule has 3 rings (SSSR count). The Bertz CT molecular complexity index is 645. The largest absolute Gasteiger partial charge is 0.497 e. The summed E-state index contributed by atoms with van der Waals surface area (Å²) in [5, 5.41) is 0. The van der Waals surface area contributed by atoms with Crippen molar-refractivity contribution in [1.29, 1.82) is 0 Å². The molecule has 1 heterocycles. The molecule has 1 aromatic heterocycles. The summed E-state index contributed by atoms with van der Waals surface area (Å²) < 4.78 is 10.7. The van der Waals surface area contributed by atoms with Gasteiger partial charge < -0.3 is 20.2 Å². The molecule has 1 fully saturated rings. The molecule has 0 amide bonds. The van der Waals surface area contributed by atoms with E-state index >= 15 is 0 Å². The minimum atomic E-state index is -0.391. The lowest BCUT2D eigenvalue weighted by molar-refractivity contribution is 0.395. The summed E-state index contributed by atoms with van der Waals surface area (Å²) in [7, 11) is 3.28. The van der Waals surface area contributed by atoms with Crippen molar-refractivity contribution in [3.63, 3.8) is 0 Å². The number of benzene rings is 1. The summed E-state index contributed by atoms with van der Waals surface area (Å²) in [6.45, 7) is 2.04. The van der Waals surface area contributed by atoms with Crippen molar-refractivity contribution in [1.82, 2.24) is 9.97 Å². The maximum absolute atomic E-state index is 6.41. The van der Waals surface area contributed by atoms with Gasteiger partial charge in [0.2, 0.25) is 0 Å². The Labute approximate surface area is 124 Å². The van der Waals surface area contributed by atoms with E-state index in [9.17, 15) is 0 Å². The Morgan fingerprint density at radius 2 is 2.05 bits per heavy atom. The Morgan fingerprint density at radius 3 is 2.67 bits per heavy atom. The first-order valence-electron chi connectivity index (χ1n) is 7.13. The van der Waals surface area contributed by atoms with Gasteiger partial charge >= 0.3 is 0 Å². The number of ether oxygens (including phenoxy) is 2. The number of nitrogens with two attached hydrogens (primary N) is 1. The maximum atomic E-state index is 6.41. The van der Waals surface area contributed by atoms with E-state index in [1.165, 1.54) is 12.8 Å². The highest BCUT2D eigenvalue weighted by molar-refractivity contribution is 5.68. The van der Waals surface area contributed by atoms with Crippen molar-refractivity contribution in [2.45, 2.75) is 25.3 Å². The molecule has 1 aliphatic rings. The van der Waals surface area contributed by atoms with Gasteiger partial charge in [-0.3, -0.25) is 0 Å². The number of hydrogen-bond acceptors (Lipinski definition) is 4. The molecule has 0 spiro atoms. The van der Waals surface area contributed by atoms with E-state index in [-0.39, 0.29) is 0 Å². The summed E-state index contributed by atoms with van der Waals surface area (Å²) in [5.74, 6) is 2.86. The molecular formula is C16H21N3O2. The molecule has 5 heteroatoms. The first-order chi connectivity index (χ1) is 10.1. The van der Waals surface area contributed by atoms with Crippen LogP contribution in [0.3, 0.4) is 0 Å². The van der Waals surface area contributed by atoms with Crippen molar-refractivity contribution in [3.8, 4) is 22.8 Å². The molecule has 5 nitrogen and oxygen atoms in total. The number of hydrogen-bond donors (Lipinski definition) is 2. The Kier molecular flexibility index (Phi) is 3.37. The van der Waals surface area contributed by atoms with Gasteiger partial charge in [-0.15, -0.1) is 0 Å². The van der Waals surface area contributed by atoms with Gasteiger partial charge in [0, 0.05) is 11.6 Å². The van der Waals surface area contributed by atoms with Gasteiger partial charge in [-0.1, -0.05) is 0 Å². The van der Waals surface area contributed by atoms with E-state index in [1.807, 2.05) is 31.3 Å². The first-order valence-corrected chi connectivity index (χ1v) is 7.13. The zero-order valence-electron chi connectivity index (χ0n) is 12.6. The third kappa shape index (κ3) is 2.49. The van der Waals surface area contributed by atoms with Crippen LogP contribution in [-0.2, 0) is 5.54 Å². The SMILES string of the molecule is COc1ccc(-c2cnc(C(C)(N)C3CC3)[nH]2)c(OC)c1. The summed E-state index contributed by atoms with van der Waals surface area (Å²) >= 11 is 0. The fourth-order valence-electron chi connectivity index (χ4n) is 2.63. The van der Waals surface area contributed by atoms with E-state index in [2.05, 4.69) is 9.97 Å². The first kappa shape index (κ1) is 13.9. The summed E-state index contributed by atoms with van der Waals surface area (Å²) in [5.41, 5.74) is 7.87. The molecule has 1 saturated carbocycles. The standard InChI is InChI=1S/C16H21N3O2/c1-16(17,10-4-5-10)15-18-9-13(19-15)12-7-6-11(20-2)8-14(12)21-3/h6-10H,4-5,17H2,1-3H3,(H,18,19). The number of imidazole rings is 1. The minimum absolute atomic E-state index is 0.391. The molecule has 0 bridgehead atoms. The topological polar surface area (TPSA) is 73.2 Å². The number of rotatable bonds is 5. The summed E-state index contributed by atoms with van der Waals surface area (Å²) in [6, 6.07) is 5.72. The maximum Gasteiger partial charge on any atom is 0.131 e. The predicted octanol–water partition coefficient (Wildman–Crippen LogP) is 2.68. The lowest BCUT2D eigenvalue weighted by Gasteiger charge is -2.21. The van der Waals surface area contributed by atoms with Crippen molar-refractivity contribution < 1.29 is 9.47 Å². The third-order valence-corrected chi connectivity index (χ3v) is 4.21. The van der Waals surface area contributed by atoms with E-state index in [0.29, 0.717) is 5.92 Å². The average molecular weight is 287 g/mol. The van der Waals surface area contributed by atoms with Gasteiger partial charge in [0.1, 0.15) is 17.3 Å². The number of aromatic nitrogens is 2. The highest BCUT2D eigenvalue weighted by Gasteiger charge is 2.41. The smallest absolute Gasteiger partial charge is 0.131 e. The van der Waals surface area contributed by atoms with Gasteiger partial charge in [-0.05, 0) is 37.8 Å². The fraction of sp³-hybridized carbons (Fsp3) is 0.438. The highest BCUT2D eigenvalue weighted by atomic mass is 16.5. The lowest BCUT2D eigenvalue weighted by atomic mass is 9.97. The van der Waals surface area contributed by atoms with Crippen molar-refractivity contribution in [3.05, 3.63) is 30.2 Å². The van der Waals surface area contributed by atoms with Crippen molar-refractivity contribution in [2.75, 3.05) is 14.2 Å². The Hall–Kier alpha value is -2.01. The monoisotopic (exact) mass is 287 g/mol. The normalized spacial score (nSPS) is 17.3. The van der Waals surface area contributed by atoms with Crippen LogP contribution in [-0.4, -0.2) is 24.2 Å². The summed E-state index contributed by atoms with van der Waals surface area (Å²) in [4.78, 5) is 7.82. The molecule has 21 heavy (non-hydrogen) atoms. The number of nitrogens with one attached hydrogen (secondary N) is 1. The number of H-pyrrole nitrogens is 1. The predicted molar refractivity (Wildman–Crippen MR) is 81.4 cm³/mol. The highest BCUT2D eigenvalue weighted by Crippen LogP contribution is 2.43. The lowest BCUT2D eigenvalue weighted by Crippen LogP contribution is -2.36. The van der Waals surface area contributed by atoms with Crippen LogP contribution in [0.25, 0.3) is 11.3 Å². The van der Waals surface area contributed by atoms with Gasteiger partial charge in [-0.2, -0.15) is 0 Å². The van der Waals surface area contributed by atoms with E-state index in [0.717, 1.165) is 28.6 Å². The Balaban J connectivity index is 1.96. The van der Waals surface area contributed by atoms with E-state index in [4.69, 9.17) is 15.2 Å². The molecule has 3 N–H and O–H groups in total. The second-order valence-corrected chi connectivity index (χ2v) is 5.77. The van der Waals surface area contributed by atoms with Gasteiger partial charge in [-0.25, -0.2) is 4.98 Å². The van der Waals surface area contributed by atoms with Gasteiger partial charge in [0.15, 0.2) is 0 Å². The van der Waals surface area contributed by atoms with E-state index in [1.54, 1.807) is 14.2 Å². The molecule has 1 aromatic carbocycles. The Morgan fingerprint density at radius 1 is 1.29 bits per heavy atom. The average Bonchev–Trinajstić information content (AvgIpc) is 3.24. The van der Waals surface area contributed by atoms with Crippen LogP contribution in [0.5, 0.6) is 11.5 Å². The molecule has 1 unspecified atom stereocenters. The van der Waals surface area contributed by atoms with Crippen LogP contribution in [0, 0.1) is 5.92 Å². The molecule has 0 radical (unpaired) electrons.